The lowest BCUT2D eigenvalue weighted by molar-refractivity contribution is -0.907. The number of quaternary nitrogens is 1. The summed E-state index contributed by atoms with van der Waals surface area (Å²) < 4.78 is 10.8. The highest BCUT2D eigenvalue weighted by molar-refractivity contribution is 5.91. The maximum atomic E-state index is 12.6. The summed E-state index contributed by atoms with van der Waals surface area (Å²) >= 11 is 0. The first-order chi connectivity index (χ1) is 14.2. The number of carbonyl (C=O) groups is 1. The fourth-order valence-electron chi connectivity index (χ4n) is 4.34. The Labute approximate surface area is 172 Å². The van der Waals surface area contributed by atoms with Gasteiger partial charge in [-0.2, -0.15) is 0 Å². The molecule has 0 aromatic heterocycles. The number of fused-ring (bicyclic) bond motifs is 1. The van der Waals surface area contributed by atoms with Crippen molar-refractivity contribution in [3.8, 4) is 11.5 Å². The molecule has 154 valence electrons. The molecule has 4 rings (SSSR count). The molecular weight excluding hydrogens is 366 g/mol. The van der Waals surface area contributed by atoms with E-state index in [-0.39, 0.29) is 5.91 Å². The quantitative estimate of drug-likeness (QED) is 0.783. The molecule has 2 aromatic carbocycles. The van der Waals surface area contributed by atoms with Crippen LogP contribution in [-0.2, 0) is 17.8 Å². The lowest BCUT2D eigenvalue weighted by atomic mass is 9.99. The van der Waals surface area contributed by atoms with Crippen molar-refractivity contribution in [2.75, 3.05) is 50.6 Å². The number of anilines is 2. The maximum absolute atomic E-state index is 12.6. The van der Waals surface area contributed by atoms with Crippen LogP contribution < -0.4 is 24.6 Å². The van der Waals surface area contributed by atoms with E-state index < -0.39 is 0 Å². The van der Waals surface area contributed by atoms with Gasteiger partial charge in [-0.1, -0.05) is 0 Å². The van der Waals surface area contributed by atoms with Crippen LogP contribution in [-0.4, -0.2) is 46.3 Å². The zero-order chi connectivity index (χ0) is 20.2. The van der Waals surface area contributed by atoms with E-state index in [0.717, 1.165) is 49.8 Å². The van der Waals surface area contributed by atoms with Crippen LogP contribution in [0.25, 0.3) is 0 Å². The fourth-order valence-corrected chi connectivity index (χ4v) is 4.34. The molecule has 0 saturated carbocycles. The van der Waals surface area contributed by atoms with Gasteiger partial charge in [-0.05, 0) is 54.8 Å². The summed E-state index contributed by atoms with van der Waals surface area (Å²) in [5.41, 5.74) is 4.61. The highest BCUT2D eigenvalue weighted by Crippen LogP contribution is 2.31. The summed E-state index contributed by atoms with van der Waals surface area (Å²) in [4.78, 5) is 16.2. The van der Waals surface area contributed by atoms with E-state index >= 15 is 0 Å². The second kappa shape index (κ2) is 8.74. The molecule has 0 aliphatic carbocycles. The van der Waals surface area contributed by atoms with Crippen LogP contribution in [0.15, 0.2) is 36.4 Å². The normalized spacial score (nSPS) is 18.3. The smallest absolute Gasteiger partial charge is 0.279 e. The number of methoxy groups -OCH3 is 2. The molecule has 0 radical (unpaired) electrons. The SMILES string of the molecule is COc1cc2c(cc1OC)C[NH+](CC(=O)Nc1ccc(N3CCCC3)cc1)CC2. The van der Waals surface area contributed by atoms with Gasteiger partial charge in [0.05, 0.1) is 20.8 Å². The van der Waals surface area contributed by atoms with Crippen molar-refractivity contribution in [3.05, 3.63) is 47.5 Å². The third-order valence-electron chi connectivity index (χ3n) is 5.93. The van der Waals surface area contributed by atoms with Gasteiger partial charge >= 0.3 is 0 Å². The summed E-state index contributed by atoms with van der Waals surface area (Å²) in [6.07, 6.45) is 3.46. The van der Waals surface area contributed by atoms with Gasteiger partial charge in [-0.15, -0.1) is 0 Å². The zero-order valence-corrected chi connectivity index (χ0v) is 17.3. The van der Waals surface area contributed by atoms with Crippen molar-refractivity contribution in [2.24, 2.45) is 0 Å². The molecule has 29 heavy (non-hydrogen) atoms. The average molecular weight is 397 g/mol. The number of carbonyl (C=O) groups excluding carboxylic acids is 1. The Morgan fingerprint density at radius 3 is 2.34 bits per heavy atom. The molecule has 0 bridgehead atoms. The Balaban J connectivity index is 1.34. The van der Waals surface area contributed by atoms with Gasteiger partial charge in [-0.25, -0.2) is 0 Å². The summed E-state index contributed by atoms with van der Waals surface area (Å²) in [6.45, 7) is 4.47. The minimum absolute atomic E-state index is 0.0536. The van der Waals surface area contributed by atoms with Gasteiger partial charge in [-0.3, -0.25) is 4.79 Å². The molecular formula is C23H30N3O3+. The summed E-state index contributed by atoms with van der Waals surface area (Å²) in [5.74, 6) is 1.57. The van der Waals surface area contributed by atoms with E-state index in [9.17, 15) is 4.79 Å². The first-order valence-corrected chi connectivity index (χ1v) is 10.4. The molecule has 6 heteroatoms. The summed E-state index contributed by atoms with van der Waals surface area (Å²) in [5, 5.41) is 3.05. The molecule has 2 aliphatic rings. The van der Waals surface area contributed by atoms with E-state index in [1.165, 1.54) is 34.6 Å². The van der Waals surface area contributed by atoms with Crippen molar-refractivity contribution in [3.63, 3.8) is 0 Å². The predicted octanol–water partition coefficient (Wildman–Crippen LogP) is 1.88. The minimum atomic E-state index is 0.0536. The zero-order valence-electron chi connectivity index (χ0n) is 17.3. The number of hydrogen-bond donors (Lipinski definition) is 2. The van der Waals surface area contributed by atoms with Gasteiger partial charge < -0.3 is 24.6 Å². The standard InChI is InChI=1S/C23H29N3O3/c1-28-21-13-17-9-12-25(15-18(17)14-22(21)29-2)16-23(27)24-19-5-7-20(8-6-19)26-10-3-4-11-26/h5-8,13-14H,3-4,9-12,15-16H2,1-2H3,(H,24,27)/p+1. The minimum Gasteiger partial charge on any atom is -0.493 e. The van der Waals surface area contributed by atoms with Crippen LogP contribution in [0.4, 0.5) is 11.4 Å². The molecule has 1 atom stereocenters. The van der Waals surface area contributed by atoms with Crippen LogP contribution in [0, 0.1) is 0 Å². The molecule has 6 nitrogen and oxygen atoms in total. The number of ether oxygens (including phenoxy) is 2. The van der Waals surface area contributed by atoms with Gasteiger partial charge in [0, 0.05) is 36.4 Å². The third-order valence-corrected chi connectivity index (χ3v) is 5.93. The second-order valence-corrected chi connectivity index (χ2v) is 7.87. The monoisotopic (exact) mass is 396 g/mol. The second-order valence-electron chi connectivity index (χ2n) is 7.87. The first kappa shape index (κ1) is 19.6. The molecule has 0 spiro atoms. The molecule has 1 saturated heterocycles. The number of nitrogens with one attached hydrogen (secondary N) is 2. The molecule has 2 heterocycles. The third kappa shape index (κ3) is 4.48. The fraction of sp³-hybridized carbons (Fsp3) is 0.435. The van der Waals surface area contributed by atoms with E-state index in [2.05, 4.69) is 28.4 Å². The van der Waals surface area contributed by atoms with Crippen LogP contribution in [0.2, 0.25) is 0 Å². The lowest BCUT2D eigenvalue weighted by Crippen LogP contribution is -3.12. The van der Waals surface area contributed by atoms with Crippen LogP contribution in [0.1, 0.15) is 24.0 Å². The van der Waals surface area contributed by atoms with Crippen molar-refractivity contribution in [2.45, 2.75) is 25.8 Å². The van der Waals surface area contributed by atoms with Crippen molar-refractivity contribution in [1.82, 2.24) is 0 Å². The van der Waals surface area contributed by atoms with Crippen molar-refractivity contribution in [1.29, 1.82) is 0 Å². The van der Waals surface area contributed by atoms with Crippen molar-refractivity contribution >= 4 is 17.3 Å². The molecule has 2 N–H and O–H groups in total. The Bertz CT molecular complexity index is 860. The largest absolute Gasteiger partial charge is 0.493 e. The Kier molecular flexibility index (Phi) is 5.90. The van der Waals surface area contributed by atoms with Gasteiger partial charge in [0.15, 0.2) is 18.0 Å². The highest BCUT2D eigenvalue weighted by atomic mass is 16.5. The van der Waals surface area contributed by atoms with Gasteiger partial charge in [0.2, 0.25) is 0 Å². The maximum Gasteiger partial charge on any atom is 0.279 e. The number of rotatable bonds is 6. The topological polar surface area (TPSA) is 55.2 Å². The molecule has 1 amide bonds. The Morgan fingerprint density at radius 1 is 1.03 bits per heavy atom. The van der Waals surface area contributed by atoms with Gasteiger partial charge in [0.1, 0.15) is 6.54 Å². The van der Waals surface area contributed by atoms with Crippen LogP contribution in [0.5, 0.6) is 11.5 Å². The molecule has 2 aromatic rings. The number of amides is 1. The number of hydrogen-bond acceptors (Lipinski definition) is 4. The highest BCUT2D eigenvalue weighted by Gasteiger charge is 2.24. The Morgan fingerprint density at radius 2 is 1.69 bits per heavy atom. The van der Waals surface area contributed by atoms with E-state index in [1.54, 1.807) is 14.2 Å². The van der Waals surface area contributed by atoms with E-state index in [4.69, 9.17) is 9.47 Å². The molecule has 1 fully saturated rings. The van der Waals surface area contributed by atoms with Gasteiger partial charge in [0.25, 0.3) is 5.91 Å². The predicted molar refractivity (Wildman–Crippen MR) is 114 cm³/mol. The van der Waals surface area contributed by atoms with Crippen LogP contribution in [0.3, 0.4) is 0 Å². The average Bonchev–Trinajstić information content (AvgIpc) is 3.28. The number of benzene rings is 2. The van der Waals surface area contributed by atoms with E-state index in [1.807, 2.05) is 18.2 Å². The summed E-state index contributed by atoms with van der Waals surface area (Å²) in [7, 11) is 3.31. The summed E-state index contributed by atoms with van der Waals surface area (Å²) in [6, 6.07) is 12.3. The number of nitrogens with zero attached hydrogens (tertiary/aromatic N) is 1. The van der Waals surface area contributed by atoms with Crippen molar-refractivity contribution < 1.29 is 19.2 Å². The van der Waals surface area contributed by atoms with E-state index in [0.29, 0.717) is 6.54 Å². The molecule has 1 unspecified atom stereocenters. The lowest BCUT2D eigenvalue weighted by Gasteiger charge is -2.26. The van der Waals surface area contributed by atoms with Crippen LogP contribution >= 0.6 is 0 Å². The Hall–Kier alpha value is -2.73. The molecule has 2 aliphatic heterocycles. The first-order valence-electron chi connectivity index (χ1n) is 10.4.